The first-order valence-corrected chi connectivity index (χ1v) is 6.32. The maximum atomic E-state index is 13.5. The molecule has 0 saturated heterocycles. The molecule has 0 aliphatic rings. The molecule has 3 rings (SSSR count). The second-order valence-electron chi connectivity index (χ2n) is 4.00. The highest BCUT2D eigenvalue weighted by molar-refractivity contribution is 7.22. The van der Waals surface area contributed by atoms with Crippen molar-refractivity contribution in [3.8, 4) is 0 Å². The van der Waals surface area contributed by atoms with Crippen LogP contribution in [0.4, 0.5) is 28.4 Å². The third kappa shape index (κ3) is 2.32. The Balaban J connectivity index is 1.99. The molecular formula is C13H6F4N2S. The van der Waals surface area contributed by atoms with Gasteiger partial charge >= 0.3 is 0 Å². The van der Waals surface area contributed by atoms with Crippen LogP contribution in [0.2, 0.25) is 0 Å². The monoisotopic (exact) mass is 298 g/mol. The normalized spacial score (nSPS) is 11.0. The Kier molecular flexibility index (Phi) is 3.06. The molecule has 0 aliphatic heterocycles. The first kappa shape index (κ1) is 12.9. The van der Waals surface area contributed by atoms with Crippen molar-refractivity contribution in [1.29, 1.82) is 0 Å². The molecule has 20 heavy (non-hydrogen) atoms. The quantitative estimate of drug-likeness (QED) is 0.552. The van der Waals surface area contributed by atoms with E-state index < -0.39 is 23.3 Å². The lowest BCUT2D eigenvalue weighted by Crippen LogP contribution is -1.96. The summed E-state index contributed by atoms with van der Waals surface area (Å²) in [4.78, 5) is 4.10. The van der Waals surface area contributed by atoms with Gasteiger partial charge in [-0.15, -0.1) is 0 Å². The van der Waals surface area contributed by atoms with Crippen LogP contribution in [0.5, 0.6) is 0 Å². The van der Waals surface area contributed by atoms with Gasteiger partial charge in [0.05, 0.1) is 15.9 Å². The predicted molar refractivity (Wildman–Crippen MR) is 69.2 cm³/mol. The van der Waals surface area contributed by atoms with Crippen LogP contribution in [0, 0.1) is 23.3 Å². The van der Waals surface area contributed by atoms with Crippen LogP contribution < -0.4 is 5.32 Å². The Labute approximate surface area is 114 Å². The van der Waals surface area contributed by atoms with Gasteiger partial charge in [0.1, 0.15) is 11.6 Å². The van der Waals surface area contributed by atoms with E-state index in [1.807, 2.05) is 0 Å². The van der Waals surface area contributed by atoms with Crippen molar-refractivity contribution in [2.24, 2.45) is 0 Å². The molecule has 1 N–H and O–H groups in total. The van der Waals surface area contributed by atoms with Crippen LogP contribution in [0.25, 0.3) is 10.2 Å². The van der Waals surface area contributed by atoms with E-state index in [9.17, 15) is 17.6 Å². The lowest BCUT2D eigenvalue weighted by atomic mass is 10.3. The summed E-state index contributed by atoms with van der Waals surface area (Å²) in [5, 5.41) is 2.81. The molecule has 0 radical (unpaired) electrons. The van der Waals surface area contributed by atoms with Gasteiger partial charge in [-0.05, 0) is 18.2 Å². The highest BCUT2D eigenvalue weighted by atomic mass is 32.1. The molecule has 0 spiro atoms. The molecule has 0 bridgehead atoms. The van der Waals surface area contributed by atoms with Gasteiger partial charge in [0.15, 0.2) is 16.8 Å². The minimum Gasteiger partial charge on any atom is -0.329 e. The number of nitrogens with one attached hydrogen (secondary N) is 1. The van der Waals surface area contributed by atoms with Crippen LogP contribution in [-0.4, -0.2) is 4.98 Å². The Morgan fingerprint density at radius 3 is 2.45 bits per heavy atom. The summed E-state index contributed by atoms with van der Waals surface area (Å²) < 4.78 is 53.0. The number of anilines is 2. The third-order valence-electron chi connectivity index (χ3n) is 2.60. The Morgan fingerprint density at radius 2 is 1.65 bits per heavy atom. The fourth-order valence-electron chi connectivity index (χ4n) is 1.69. The van der Waals surface area contributed by atoms with Crippen LogP contribution in [0.15, 0.2) is 30.3 Å². The molecule has 2 nitrogen and oxygen atoms in total. The van der Waals surface area contributed by atoms with Crippen molar-refractivity contribution in [2.75, 3.05) is 5.32 Å². The molecule has 0 saturated carbocycles. The SMILES string of the molecule is Fc1ccc2nc(Nc3cc(F)c(F)cc3F)sc2c1. The summed E-state index contributed by atoms with van der Waals surface area (Å²) in [6.07, 6.45) is 0. The summed E-state index contributed by atoms with van der Waals surface area (Å²) in [7, 11) is 0. The second kappa shape index (κ2) is 4.75. The van der Waals surface area contributed by atoms with Crippen LogP contribution >= 0.6 is 11.3 Å². The first-order chi connectivity index (χ1) is 9.52. The number of fused-ring (bicyclic) bond motifs is 1. The molecule has 3 aromatic rings. The van der Waals surface area contributed by atoms with Gasteiger partial charge in [0.25, 0.3) is 0 Å². The molecular weight excluding hydrogens is 292 g/mol. The molecule has 0 amide bonds. The summed E-state index contributed by atoms with van der Waals surface area (Å²) in [6, 6.07) is 5.18. The number of rotatable bonds is 2. The number of benzene rings is 2. The molecule has 0 atom stereocenters. The van der Waals surface area contributed by atoms with Gasteiger partial charge in [-0.3, -0.25) is 0 Å². The van der Waals surface area contributed by atoms with Gasteiger partial charge in [-0.2, -0.15) is 0 Å². The minimum absolute atomic E-state index is 0.233. The van der Waals surface area contributed by atoms with E-state index in [-0.39, 0.29) is 10.8 Å². The van der Waals surface area contributed by atoms with Crippen molar-refractivity contribution in [3.63, 3.8) is 0 Å². The Morgan fingerprint density at radius 1 is 0.900 bits per heavy atom. The summed E-state index contributed by atoms with van der Waals surface area (Å²) in [6.45, 7) is 0. The highest BCUT2D eigenvalue weighted by Crippen LogP contribution is 2.30. The Hall–Kier alpha value is -2.15. The van der Waals surface area contributed by atoms with Gasteiger partial charge in [0.2, 0.25) is 0 Å². The number of hydrogen-bond acceptors (Lipinski definition) is 3. The van der Waals surface area contributed by atoms with Crippen molar-refractivity contribution in [2.45, 2.75) is 0 Å². The molecule has 1 aromatic heterocycles. The summed E-state index contributed by atoms with van der Waals surface area (Å²) in [5.74, 6) is -3.78. The number of nitrogens with zero attached hydrogens (tertiary/aromatic N) is 1. The fraction of sp³-hybridized carbons (Fsp3) is 0. The number of thiazole rings is 1. The largest absolute Gasteiger partial charge is 0.329 e. The van der Waals surface area contributed by atoms with E-state index in [0.717, 1.165) is 11.3 Å². The maximum Gasteiger partial charge on any atom is 0.188 e. The van der Waals surface area contributed by atoms with E-state index in [4.69, 9.17) is 0 Å². The third-order valence-corrected chi connectivity index (χ3v) is 3.54. The average molecular weight is 298 g/mol. The lowest BCUT2D eigenvalue weighted by Gasteiger charge is -2.04. The molecule has 102 valence electrons. The smallest absolute Gasteiger partial charge is 0.188 e. The average Bonchev–Trinajstić information content (AvgIpc) is 2.77. The number of halogens is 4. The molecule has 2 aromatic carbocycles. The van der Waals surface area contributed by atoms with Gasteiger partial charge < -0.3 is 5.32 Å². The van der Waals surface area contributed by atoms with Gasteiger partial charge in [-0.1, -0.05) is 11.3 Å². The van der Waals surface area contributed by atoms with Crippen molar-refractivity contribution < 1.29 is 17.6 Å². The number of aromatic nitrogens is 1. The molecule has 0 fully saturated rings. The van der Waals surface area contributed by atoms with Crippen molar-refractivity contribution in [3.05, 3.63) is 53.6 Å². The first-order valence-electron chi connectivity index (χ1n) is 5.50. The fourth-order valence-corrected chi connectivity index (χ4v) is 2.59. The minimum atomic E-state index is -1.26. The van der Waals surface area contributed by atoms with Gasteiger partial charge in [-0.25, -0.2) is 22.5 Å². The Bertz CT molecular complexity index is 800. The maximum absolute atomic E-state index is 13.5. The topological polar surface area (TPSA) is 24.9 Å². The standard InChI is InChI=1S/C13H6F4N2S/c14-6-1-2-10-12(3-6)20-13(18-10)19-11-5-8(16)7(15)4-9(11)17/h1-5H,(H,18,19). The lowest BCUT2D eigenvalue weighted by molar-refractivity contribution is 0.496. The van der Waals surface area contributed by atoms with Crippen LogP contribution in [0.1, 0.15) is 0 Å². The summed E-state index contributed by atoms with van der Waals surface area (Å²) in [5.41, 5.74) is 0.297. The van der Waals surface area contributed by atoms with Crippen LogP contribution in [0.3, 0.4) is 0 Å². The van der Waals surface area contributed by atoms with Crippen molar-refractivity contribution >= 4 is 32.4 Å². The molecule has 0 unspecified atom stereocenters. The second-order valence-corrected chi connectivity index (χ2v) is 5.03. The van der Waals surface area contributed by atoms with E-state index in [2.05, 4.69) is 10.3 Å². The zero-order valence-corrected chi connectivity index (χ0v) is 10.6. The molecule has 0 aliphatic carbocycles. The zero-order valence-electron chi connectivity index (χ0n) is 9.75. The van der Waals surface area contributed by atoms with Crippen molar-refractivity contribution in [1.82, 2.24) is 4.98 Å². The van der Waals surface area contributed by atoms with E-state index in [1.54, 1.807) is 0 Å². The van der Waals surface area contributed by atoms with E-state index >= 15 is 0 Å². The summed E-state index contributed by atoms with van der Waals surface area (Å²) >= 11 is 1.08. The molecule has 7 heteroatoms. The zero-order chi connectivity index (χ0) is 14.3. The highest BCUT2D eigenvalue weighted by Gasteiger charge is 2.12. The van der Waals surface area contributed by atoms with Crippen LogP contribution in [-0.2, 0) is 0 Å². The molecule has 1 heterocycles. The number of hydrogen-bond donors (Lipinski definition) is 1. The van der Waals surface area contributed by atoms with E-state index in [0.29, 0.717) is 22.3 Å². The van der Waals surface area contributed by atoms with E-state index in [1.165, 1.54) is 18.2 Å². The predicted octanol–water partition coefficient (Wildman–Crippen LogP) is 4.60. The van der Waals surface area contributed by atoms with Gasteiger partial charge in [0, 0.05) is 12.1 Å².